The zero-order valence-corrected chi connectivity index (χ0v) is 13.6. The van der Waals surface area contributed by atoms with E-state index >= 15 is 0 Å². The van der Waals surface area contributed by atoms with E-state index in [1.54, 1.807) is 18.2 Å². The van der Waals surface area contributed by atoms with E-state index in [0.29, 0.717) is 36.8 Å². The second-order valence-electron chi connectivity index (χ2n) is 4.86. The lowest BCUT2D eigenvalue weighted by Crippen LogP contribution is -2.23. The van der Waals surface area contributed by atoms with Crippen LogP contribution < -0.4 is 14.8 Å². The van der Waals surface area contributed by atoms with Gasteiger partial charge >= 0.3 is 0 Å². The van der Waals surface area contributed by atoms with Gasteiger partial charge in [0.1, 0.15) is 6.33 Å². The molecule has 0 aliphatic carbocycles. The van der Waals surface area contributed by atoms with Gasteiger partial charge in [0.25, 0.3) is 5.91 Å². The first kappa shape index (κ1) is 16.7. The van der Waals surface area contributed by atoms with Gasteiger partial charge in [-0.3, -0.25) is 4.79 Å². The van der Waals surface area contributed by atoms with E-state index in [-0.39, 0.29) is 5.91 Å². The molecule has 0 atom stereocenters. The predicted octanol–water partition coefficient (Wildman–Crippen LogP) is 2.51. The average Bonchev–Trinajstić information content (AvgIpc) is 2.55. The topological polar surface area (TPSA) is 73.3 Å². The molecule has 23 heavy (non-hydrogen) atoms. The lowest BCUT2D eigenvalue weighted by Gasteiger charge is -2.12. The first-order valence-corrected chi connectivity index (χ1v) is 7.59. The monoisotopic (exact) mass is 315 g/mol. The number of rotatable bonds is 7. The van der Waals surface area contributed by atoms with Gasteiger partial charge in [-0.05, 0) is 45.0 Å². The number of hydrogen-bond acceptors (Lipinski definition) is 5. The summed E-state index contributed by atoms with van der Waals surface area (Å²) in [6.45, 7) is 7.07. The minimum absolute atomic E-state index is 0.190. The summed E-state index contributed by atoms with van der Waals surface area (Å²) in [5, 5.41) is 2.84. The Morgan fingerprint density at radius 2 is 1.83 bits per heavy atom. The van der Waals surface area contributed by atoms with Crippen LogP contribution in [-0.2, 0) is 6.54 Å². The summed E-state index contributed by atoms with van der Waals surface area (Å²) in [4.78, 5) is 20.4. The molecule has 0 fully saturated rings. The van der Waals surface area contributed by atoms with E-state index in [9.17, 15) is 4.79 Å². The van der Waals surface area contributed by atoms with Crippen LogP contribution in [0.2, 0.25) is 0 Å². The highest BCUT2D eigenvalue weighted by Gasteiger charge is 2.11. The van der Waals surface area contributed by atoms with E-state index < -0.39 is 0 Å². The number of nitrogens with zero attached hydrogens (tertiary/aromatic N) is 2. The molecule has 0 saturated heterocycles. The van der Waals surface area contributed by atoms with Crippen molar-refractivity contribution in [1.82, 2.24) is 15.3 Å². The SMILES string of the molecule is CCOc1ccc(C(=O)NCc2cc(C)ncn2)cc1OCC. The quantitative estimate of drug-likeness (QED) is 0.850. The fourth-order valence-corrected chi connectivity index (χ4v) is 2.07. The van der Waals surface area contributed by atoms with Gasteiger partial charge in [-0.1, -0.05) is 0 Å². The van der Waals surface area contributed by atoms with Crippen molar-refractivity contribution in [2.45, 2.75) is 27.3 Å². The largest absolute Gasteiger partial charge is 0.490 e. The molecule has 0 aliphatic rings. The number of aromatic nitrogens is 2. The molecule has 0 radical (unpaired) electrons. The minimum Gasteiger partial charge on any atom is -0.490 e. The number of ether oxygens (including phenoxy) is 2. The number of carbonyl (C=O) groups excluding carboxylic acids is 1. The Bertz CT molecular complexity index is 674. The number of aryl methyl sites for hydroxylation is 1. The molecule has 1 heterocycles. The van der Waals surface area contributed by atoms with Crippen molar-refractivity contribution in [2.24, 2.45) is 0 Å². The van der Waals surface area contributed by atoms with Crippen LogP contribution in [0.1, 0.15) is 35.6 Å². The Morgan fingerprint density at radius 1 is 1.09 bits per heavy atom. The van der Waals surface area contributed by atoms with Crippen LogP contribution in [0.3, 0.4) is 0 Å². The number of carbonyl (C=O) groups is 1. The van der Waals surface area contributed by atoms with Gasteiger partial charge < -0.3 is 14.8 Å². The molecule has 6 nitrogen and oxygen atoms in total. The van der Waals surface area contributed by atoms with Gasteiger partial charge in [-0.15, -0.1) is 0 Å². The number of hydrogen-bond donors (Lipinski definition) is 1. The van der Waals surface area contributed by atoms with E-state index in [4.69, 9.17) is 9.47 Å². The van der Waals surface area contributed by atoms with Gasteiger partial charge in [0.2, 0.25) is 0 Å². The van der Waals surface area contributed by atoms with Crippen LogP contribution >= 0.6 is 0 Å². The molecule has 0 unspecified atom stereocenters. The predicted molar refractivity (Wildman–Crippen MR) is 86.7 cm³/mol. The second kappa shape index (κ2) is 8.12. The molecular weight excluding hydrogens is 294 g/mol. The summed E-state index contributed by atoms with van der Waals surface area (Å²) in [5.74, 6) is 1.02. The molecule has 2 rings (SSSR count). The Hall–Kier alpha value is -2.63. The maximum absolute atomic E-state index is 12.3. The van der Waals surface area contributed by atoms with E-state index in [0.717, 1.165) is 11.4 Å². The first-order valence-electron chi connectivity index (χ1n) is 7.59. The van der Waals surface area contributed by atoms with Crippen LogP contribution in [0.5, 0.6) is 11.5 Å². The summed E-state index contributed by atoms with van der Waals surface area (Å²) >= 11 is 0. The van der Waals surface area contributed by atoms with Crippen molar-refractivity contribution in [2.75, 3.05) is 13.2 Å². The standard InChI is InChI=1S/C17H21N3O3/c1-4-22-15-7-6-13(9-16(15)23-5-2)17(21)18-10-14-8-12(3)19-11-20-14/h6-9,11H,4-5,10H2,1-3H3,(H,18,21). The van der Waals surface area contributed by atoms with E-state index in [2.05, 4.69) is 15.3 Å². The summed E-state index contributed by atoms with van der Waals surface area (Å²) in [5.41, 5.74) is 2.15. The molecule has 0 bridgehead atoms. The Balaban J connectivity index is 2.07. The molecule has 1 aromatic heterocycles. The average molecular weight is 315 g/mol. The van der Waals surface area contributed by atoms with Crippen molar-refractivity contribution < 1.29 is 14.3 Å². The van der Waals surface area contributed by atoms with Crippen LogP contribution in [0, 0.1) is 6.92 Å². The third-order valence-electron chi connectivity index (χ3n) is 3.10. The third kappa shape index (κ3) is 4.67. The molecule has 0 spiro atoms. The summed E-state index contributed by atoms with van der Waals surface area (Å²) < 4.78 is 11.0. The fourth-order valence-electron chi connectivity index (χ4n) is 2.07. The molecule has 0 aliphatic heterocycles. The van der Waals surface area contributed by atoms with Crippen LogP contribution in [0.4, 0.5) is 0 Å². The summed E-state index contributed by atoms with van der Waals surface area (Å²) in [6, 6.07) is 6.99. The molecule has 1 amide bonds. The maximum Gasteiger partial charge on any atom is 0.251 e. The van der Waals surface area contributed by atoms with Gasteiger partial charge in [0.05, 0.1) is 25.5 Å². The van der Waals surface area contributed by atoms with Crippen molar-refractivity contribution in [3.63, 3.8) is 0 Å². The highest BCUT2D eigenvalue weighted by molar-refractivity contribution is 5.94. The molecule has 6 heteroatoms. The number of nitrogens with one attached hydrogen (secondary N) is 1. The highest BCUT2D eigenvalue weighted by Crippen LogP contribution is 2.28. The van der Waals surface area contributed by atoms with E-state index in [1.165, 1.54) is 6.33 Å². The molecule has 1 aromatic carbocycles. The normalized spacial score (nSPS) is 10.2. The minimum atomic E-state index is -0.190. The molecule has 122 valence electrons. The summed E-state index contributed by atoms with van der Waals surface area (Å²) in [6.07, 6.45) is 1.49. The van der Waals surface area contributed by atoms with Gasteiger partial charge in [0, 0.05) is 11.3 Å². The zero-order valence-electron chi connectivity index (χ0n) is 13.6. The van der Waals surface area contributed by atoms with Crippen LogP contribution in [0.25, 0.3) is 0 Å². The maximum atomic E-state index is 12.3. The lowest BCUT2D eigenvalue weighted by molar-refractivity contribution is 0.0950. The van der Waals surface area contributed by atoms with Crippen molar-refractivity contribution in [3.8, 4) is 11.5 Å². The first-order chi connectivity index (χ1) is 11.1. The van der Waals surface area contributed by atoms with Gasteiger partial charge in [0.15, 0.2) is 11.5 Å². The highest BCUT2D eigenvalue weighted by atomic mass is 16.5. The summed E-state index contributed by atoms with van der Waals surface area (Å²) in [7, 11) is 0. The number of benzene rings is 1. The van der Waals surface area contributed by atoms with Crippen LogP contribution in [-0.4, -0.2) is 29.1 Å². The third-order valence-corrected chi connectivity index (χ3v) is 3.10. The van der Waals surface area contributed by atoms with Crippen LogP contribution in [0.15, 0.2) is 30.6 Å². The smallest absolute Gasteiger partial charge is 0.251 e. The molecule has 1 N–H and O–H groups in total. The molecule has 0 saturated carbocycles. The fraction of sp³-hybridized carbons (Fsp3) is 0.353. The van der Waals surface area contributed by atoms with Crippen molar-refractivity contribution >= 4 is 5.91 Å². The Labute approximate surface area is 135 Å². The Morgan fingerprint density at radius 3 is 2.52 bits per heavy atom. The zero-order chi connectivity index (χ0) is 16.7. The lowest BCUT2D eigenvalue weighted by atomic mass is 10.2. The van der Waals surface area contributed by atoms with Crippen molar-refractivity contribution in [1.29, 1.82) is 0 Å². The van der Waals surface area contributed by atoms with Gasteiger partial charge in [-0.25, -0.2) is 9.97 Å². The van der Waals surface area contributed by atoms with E-state index in [1.807, 2.05) is 26.8 Å². The van der Waals surface area contributed by atoms with Gasteiger partial charge in [-0.2, -0.15) is 0 Å². The molecular formula is C17H21N3O3. The second-order valence-corrected chi connectivity index (χ2v) is 4.86. The molecule has 2 aromatic rings. The van der Waals surface area contributed by atoms with Crippen molar-refractivity contribution in [3.05, 3.63) is 47.5 Å². The number of amides is 1. The Kier molecular flexibility index (Phi) is 5.91.